The van der Waals surface area contributed by atoms with Gasteiger partial charge in [0.1, 0.15) is 0 Å². The van der Waals surface area contributed by atoms with Gasteiger partial charge >= 0.3 is 0 Å². The molecule has 0 saturated carbocycles. The average Bonchev–Trinajstić information content (AvgIpc) is 2.63. The van der Waals surface area contributed by atoms with Crippen molar-refractivity contribution in [1.29, 1.82) is 0 Å². The lowest BCUT2D eigenvalue weighted by molar-refractivity contribution is 0.0621. The Morgan fingerprint density at radius 2 is 1.57 bits per heavy atom. The minimum atomic E-state index is -0.321. The molecule has 1 unspecified atom stereocenters. The van der Waals surface area contributed by atoms with Gasteiger partial charge in [0.05, 0.1) is 6.10 Å². The highest BCUT2D eigenvalue weighted by molar-refractivity contribution is 5.48. The predicted octanol–water partition coefficient (Wildman–Crippen LogP) is 4.15. The summed E-state index contributed by atoms with van der Waals surface area (Å²) >= 11 is 0. The fourth-order valence-electron chi connectivity index (χ4n) is 3.28. The van der Waals surface area contributed by atoms with Crippen molar-refractivity contribution >= 4 is 6.08 Å². The van der Waals surface area contributed by atoms with Gasteiger partial charge < -0.3 is 5.11 Å². The smallest absolute Gasteiger partial charge is 0.0819 e. The Bertz CT molecular complexity index is 600. The van der Waals surface area contributed by atoms with Crippen molar-refractivity contribution in [2.45, 2.75) is 18.9 Å². The number of hydrogen-bond donors (Lipinski definition) is 1. The monoisotopic (exact) mass is 307 g/mol. The fraction of sp³-hybridized carbons (Fsp3) is 0.333. The van der Waals surface area contributed by atoms with Crippen molar-refractivity contribution in [1.82, 2.24) is 4.90 Å². The van der Waals surface area contributed by atoms with Crippen LogP contribution in [0.25, 0.3) is 6.08 Å². The number of aliphatic hydroxyl groups is 1. The third-order valence-electron chi connectivity index (χ3n) is 4.69. The summed E-state index contributed by atoms with van der Waals surface area (Å²) in [5.41, 5.74) is 2.30. The molecule has 0 aromatic heterocycles. The molecule has 0 aliphatic carbocycles. The fourth-order valence-corrected chi connectivity index (χ4v) is 3.28. The van der Waals surface area contributed by atoms with Gasteiger partial charge in [0, 0.05) is 6.54 Å². The Balaban J connectivity index is 1.46. The topological polar surface area (TPSA) is 23.5 Å². The second-order valence-corrected chi connectivity index (χ2v) is 6.31. The Morgan fingerprint density at radius 3 is 2.22 bits per heavy atom. The minimum Gasteiger partial charge on any atom is -0.388 e. The normalized spacial score (nSPS) is 18.3. The van der Waals surface area contributed by atoms with Crippen LogP contribution in [0.15, 0.2) is 66.7 Å². The molecule has 0 amide bonds. The molecule has 2 nitrogen and oxygen atoms in total. The van der Waals surface area contributed by atoms with Crippen LogP contribution in [0.4, 0.5) is 0 Å². The number of nitrogens with zero attached hydrogens (tertiary/aromatic N) is 1. The molecule has 0 spiro atoms. The van der Waals surface area contributed by atoms with Crippen molar-refractivity contribution in [3.8, 4) is 0 Å². The van der Waals surface area contributed by atoms with Gasteiger partial charge in [-0.05, 0) is 43.0 Å². The molecule has 1 fully saturated rings. The zero-order valence-electron chi connectivity index (χ0n) is 13.5. The van der Waals surface area contributed by atoms with E-state index in [0.717, 1.165) is 38.0 Å². The largest absolute Gasteiger partial charge is 0.388 e. The molecule has 0 radical (unpaired) electrons. The molecular weight excluding hydrogens is 282 g/mol. The molecule has 1 saturated heterocycles. The van der Waals surface area contributed by atoms with Crippen molar-refractivity contribution in [2.75, 3.05) is 19.6 Å². The molecular formula is C21H25NO. The van der Waals surface area contributed by atoms with Gasteiger partial charge in [0.25, 0.3) is 0 Å². The predicted molar refractivity (Wildman–Crippen MR) is 96.0 cm³/mol. The summed E-state index contributed by atoms with van der Waals surface area (Å²) in [6.45, 7) is 3.12. The summed E-state index contributed by atoms with van der Waals surface area (Å²) in [7, 11) is 0. The van der Waals surface area contributed by atoms with Crippen molar-refractivity contribution < 1.29 is 5.11 Å². The molecule has 2 aromatic rings. The first-order valence-corrected chi connectivity index (χ1v) is 8.50. The first-order chi connectivity index (χ1) is 11.3. The molecule has 2 heteroatoms. The van der Waals surface area contributed by atoms with Crippen LogP contribution >= 0.6 is 0 Å². The van der Waals surface area contributed by atoms with E-state index >= 15 is 0 Å². The summed E-state index contributed by atoms with van der Waals surface area (Å²) in [4.78, 5) is 2.47. The van der Waals surface area contributed by atoms with Crippen LogP contribution in [0.2, 0.25) is 0 Å². The Hall–Kier alpha value is -1.90. The van der Waals surface area contributed by atoms with Crippen LogP contribution in [0, 0.1) is 5.92 Å². The van der Waals surface area contributed by atoms with E-state index in [4.69, 9.17) is 0 Å². The van der Waals surface area contributed by atoms with E-state index in [1.54, 1.807) is 0 Å². The van der Waals surface area contributed by atoms with Crippen molar-refractivity contribution in [2.24, 2.45) is 5.92 Å². The molecule has 1 atom stereocenters. The zero-order valence-corrected chi connectivity index (χ0v) is 13.5. The van der Waals surface area contributed by atoms with Crippen LogP contribution < -0.4 is 0 Å². The second kappa shape index (κ2) is 8.09. The van der Waals surface area contributed by atoms with Gasteiger partial charge in [0.15, 0.2) is 0 Å². The lowest BCUT2D eigenvalue weighted by atomic mass is 9.87. The van der Waals surface area contributed by atoms with Crippen LogP contribution in [-0.4, -0.2) is 29.6 Å². The van der Waals surface area contributed by atoms with E-state index in [0.29, 0.717) is 5.92 Å². The number of piperidine rings is 1. The number of hydrogen-bond acceptors (Lipinski definition) is 2. The molecule has 120 valence electrons. The van der Waals surface area contributed by atoms with E-state index in [-0.39, 0.29) is 6.10 Å². The summed E-state index contributed by atoms with van der Waals surface area (Å²) in [5, 5.41) is 10.5. The summed E-state index contributed by atoms with van der Waals surface area (Å²) in [6, 6.07) is 20.5. The SMILES string of the molecule is OC(c1ccccc1)C1CCN(C/C=C/c2ccccc2)CC1. The summed E-state index contributed by atoms with van der Waals surface area (Å²) in [5.74, 6) is 0.381. The van der Waals surface area contributed by atoms with Crippen molar-refractivity contribution in [3.63, 3.8) is 0 Å². The minimum absolute atomic E-state index is 0.321. The third kappa shape index (κ3) is 4.54. The van der Waals surface area contributed by atoms with Gasteiger partial charge in [-0.1, -0.05) is 72.8 Å². The molecule has 0 bridgehead atoms. The molecule has 2 aromatic carbocycles. The van der Waals surface area contributed by atoms with Gasteiger partial charge in [0.2, 0.25) is 0 Å². The van der Waals surface area contributed by atoms with Crippen LogP contribution in [0.3, 0.4) is 0 Å². The summed E-state index contributed by atoms with van der Waals surface area (Å²) < 4.78 is 0. The molecule has 3 rings (SSSR count). The lowest BCUT2D eigenvalue weighted by Crippen LogP contribution is -2.35. The van der Waals surface area contributed by atoms with Gasteiger partial charge in [-0.3, -0.25) is 4.90 Å². The average molecular weight is 307 g/mol. The van der Waals surface area contributed by atoms with E-state index in [2.05, 4.69) is 41.3 Å². The lowest BCUT2D eigenvalue weighted by Gasteiger charge is -2.33. The van der Waals surface area contributed by atoms with Crippen molar-refractivity contribution in [3.05, 3.63) is 77.9 Å². The number of likely N-dealkylation sites (tertiary alicyclic amines) is 1. The first kappa shape index (κ1) is 16.0. The van der Waals surface area contributed by atoms with Gasteiger partial charge in [-0.2, -0.15) is 0 Å². The standard InChI is InChI=1S/C21H25NO/c23-21(19-11-5-2-6-12-19)20-13-16-22(17-14-20)15-7-10-18-8-3-1-4-9-18/h1-12,20-21,23H,13-17H2/b10-7+. The molecule has 1 aliphatic rings. The number of benzene rings is 2. The van der Waals surface area contributed by atoms with Gasteiger partial charge in [-0.25, -0.2) is 0 Å². The van der Waals surface area contributed by atoms with Crippen LogP contribution in [0.1, 0.15) is 30.1 Å². The van der Waals surface area contributed by atoms with E-state index in [9.17, 15) is 5.11 Å². The molecule has 1 N–H and O–H groups in total. The van der Waals surface area contributed by atoms with E-state index < -0.39 is 0 Å². The number of aliphatic hydroxyl groups excluding tert-OH is 1. The van der Waals surface area contributed by atoms with E-state index in [1.165, 1.54) is 5.56 Å². The maximum atomic E-state index is 10.5. The third-order valence-corrected chi connectivity index (χ3v) is 4.69. The second-order valence-electron chi connectivity index (χ2n) is 6.31. The maximum absolute atomic E-state index is 10.5. The first-order valence-electron chi connectivity index (χ1n) is 8.50. The van der Waals surface area contributed by atoms with Gasteiger partial charge in [-0.15, -0.1) is 0 Å². The Kier molecular flexibility index (Phi) is 5.62. The summed E-state index contributed by atoms with van der Waals surface area (Å²) in [6.07, 6.45) is 6.23. The highest BCUT2D eigenvalue weighted by Gasteiger charge is 2.25. The molecule has 1 heterocycles. The molecule has 1 aliphatic heterocycles. The Morgan fingerprint density at radius 1 is 0.957 bits per heavy atom. The van der Waals surface area contributed by atoms with Crippen LogP contribution in [-0.2, 0) is 0 Å². The quantitative estimate of drug-likeness (QED) is 0.897. The molecule has 23 heavy (non-hydrogen) atoms. The zero-order chi connectivity index (χ0) is 15.9. The van der Waals surface area contributed by atoms with Crippen LogP contribution in [0.5, 0.6) is 0 Å². The Labute approximate surface area is 139 Å². The van der Waals surface area contributed by atoms with E-state index in [1.807, 2.05) is 36.4 Å². The maximum Gasteiger partial charge on any atom is 0.0819 e. The highest BCUT2D eigenvalue weighted by atomic mass is 16.3. The highest BCUT2D eigenvalue weighted by Crippen LogP contribution is 2.30. The number of rotatable bonds is 5.